The Bertz CT molecular complexity index is 823. The fourth-order valence-corrected chi connectivity index (χ4v) is 2.93. The molecule has 9 heteroatoms. The molecule has 0 aliphatic heterocycles. The first-order valence-electron chi connectivity index (χ1n) is 9.70. The lowest BCUT2D eigenvalue weighted by molar-refractivity contribution is -0.758. The Morgan fingerprint density at radius 3 is 2.57 bits per heavy atom. The summed E-state index contributed by atoms with van der Waals surface area (Å²) < 4.78 is 16.7. The van der Waals surface area contributed by atoms with Crippen LogP contribution in [0.1, 0.15) is 13.8 Å². The Kier molecular flexibility index (Phi) is 9.30. The molecule has 2 rings (SSSR count). The summed E-state index contributed by atoms with van der Waals surface area (Å²) in [6, 6.07) is 13.7. The van der Waals surface area contributed by atoms with Crippen molar-refractivity contribution in [2.75, 3.05) is 40.1 Å². The van der Waals surface area contributed by atoms with E-state index in [0.29, 0.717) is 6.54 Å². The molecule has 2 aromatic carbocycles. The van der Waals surface area contributed by atoms with Crippen LogP contribution >= 0.6 is 0 Å². The quantitative estimate of drug-likeness (QED) is 0.279. The number of hydrogen-bond acceptors (Lipinski definition) is 7. The lowest BCUT2D eigenvalue weighted by Gasteiger charge is -2.30. The fourth-order valence-electron chi connectivity index (χ4n) is 2.93. The predicted molar refractivity (Wildman–Crippen MR) is 111 cm³/mol. The number of amides is 1. The van der Waals surface area contributed by atoms with Crippen LogP contribution < -0.4 is 4.74 Å². The number of methoxy groups -OCH3 is 1. The second-order valence-corrected chi connectivity index (χ2v) is 6.90. The van der Waals surface area contributed by atoms with E-state index < -0.39 is 5.09 Å². The minimum atomic E-state index is -0.898. The summed E-state index contributed by atoms with van der Waals surface area (Å²) in [5, 5.41) is 11.3. The van der Waals surface area contributed by atoms with Crippen LogP contribution in [0.5, 0.6) is 5.75 Å². The molecule has 0 aromatic heterocycles. The van der Waals surface area contributed by atoms with Crippen molar-refractivity contribution in [2.24, 2.45) is 0 Å². The largest absolute Gasteiger partial charge is 0.490 e. The lowest BCUT2D eigenvalue weighted by Crippen LogP contribution is -2.46. The van der Waals surface area contributed by atoms with E-state index in [9.17, 15) is 14.9 Å². The van der Waals surface area contributed by atoms with E-state index in [0.717, 1.165) is 16.5 Å². The zero-order valence-electron chi connectivity index (χ0n) is 17.5. The van der Waals surface area contributed by atoms with Crippen molar-refractivity contribution in [1.29, 1.82) is 0 Å². The zero-order valence-corrected chi connectivity index (χ0v) is 17.5. The smallest absolute Gasteiger partial charge is 0.294 e. The van der Waals surface area contributed by atoms with Gasteiger partial charge in [0.1, 0.15) is 31.7 Å². The number of fused-ring (bicyclic) bond motifs is 1. The maximum absolute atomic E-state index is 12.5. The maximum atomic E-state index is 12.5. The summed E-state index contributed by atoms with van der Waals surface area (Å²) in [5.74, 6) is 0.519. The Hall–Kier alpha value is -2.91. The number of ether oxygens (including phenoxy) is 3. The van der Waals surface area contributed by atoms with Gasteiger partial charge in [0.2, 0.25) is 5.91 Å². The van der Waals surface area contributed by atoms with Crippen molar-refractivity contribution in [2.45, 2.75) is 26.0 Å². The summed E-state index contributed by atoms with van der Waals surface area (Å²) in [5.41, 5.74) is 0. The highest BCUT2D eigenvalue weighted by atomic mass is 17.0. The van der Waals surface area contributed by atoms with Gasteiger partial charge in [0.05, 0.1) is 13.2 Å². The summed E-state index contributed by atoms with van der Waals surface area (Å²) in [4.78, 5) is 28.4. The van der Waals surface area contributed by atoms with E-state index in [2.05, 4.69) is 4.84 Å². The van der Waals surface area contributed by atoms with Gasteiger partial charge in [-0.15, -0.1) is 10.1 Å². The molecule has 0 radical (unpaired) electrons. The summed E-state index contributed by atoms with van der Waals surface area (Å²) in [7, 11) is 1.57. The molecule has 0 aliphatic rings. The highest BCUT2D eigenvalue weighted by Gasteiger charge is 2.22. The number of benzene rings is 2. The molecule has 0 saturated heterocycles. The molecule has 0 spiro atoms. The van der Waals surface area contributed by atoms with Crippen LogP contribution in [0, 0.1) is 10.1 Å². The van der Waals surface area contributed by atoms with Gasteiger partial charge in [-0.1, -0.05) is 36.4 Å². The average Bonchev–Trinajstić information content (AvgIpc) is 2.73. The van der Waals surface area contributed by atoms with Crippen LogP contribution in [-0.4, -0.2) is 68.1 Å². The molecule has 164 valence electrons. The first kappa shape index (κ1) is 23.4. The minimum absolute atomic E-state index is 0.0451. The van der Waals surface area contributed by atoms with Crippen molar-refractivity contribution >= 4 is 16.7 Å². The monoisotopic (exact) mass is 420 g/mol. The van der Waals surface area contributed by atoms with E-state index in [1.165, 1.54) is 0 Å². The molecule has 0 bridgehead atoms. The van der Waals surface area contributed by atoms with Crippen molar-refractivity contribution in [1.82, 2.24) is 4.90 Å². The predicted octanol–water partition coefficient (Wildman–Crippen LogP) is 2.70. The molecule has 0 fully saturated rings. The Labute approximate surface area is 175 Å². The first-order valence-corrected chi connectivity index (χ1v) is 9.70. The van der Waals surface area contributed by atoms with Crippen molar-refractivity contribution in [3.05, 3.63) is 52.6 Å². The van der Waals surface area contributed by atoms with E-state index in [1.807, 2.05) is 56.3 Å². The van der Waals surface area contributed by atoms with E-state index >= 15 is 0 Å². The zero-order chi connectivity index (χ0) is 21.9. The van der Waals surface area contributed by atoms with Crippen LogP contribution in [0.2, 0.25) is 0 Å². The number of carbonyl (C=O) groups excluding carboxylic acids is 1. The van der Waals surface area contributed by atoms with E-state index in [4.69, 9.17) is 14.2 Å². The molecular formula is C21H28N2O7. The molecule has 0 heterocycles. The topological polar surface area (TPSA) is 100 Å². The number of rotatable bonds is 13. The highest BCUT2D eigenvalue weighted by Crippen LogP contribution is 2.25. The third-order valence-electron chi connectivity index (χ3n) is 4.50. The van der Waals surface area contributed by atoms with Gasteiger partial charge in [-0.3, -0.25) is 4.79 Å². The molecule has 1 unspecified atom stereocenters. The van der Waals surface area contributed by atoms with Gasteiger partial charge in [0, 0.05) is 18.5 Å². The van der Waals surface area contributed by atoms with Gasteiger partial charge in [0.15, 0.2) is 0 Å². The average molecular weight is 420 g/mol. The molecule has 0 N–H and O–H groups in total. The third kappa shape index (κ3) is 7.16. The maximum Gasteiger partial charge on any atom is 0.294 e. The second kappa shape index (κ2) is 11.9. The molecule has 0 aliphatic carbocycles. The molecule has 1 atom stereocenters. The second-order valence-electron chi connectivity index (χ2n) is 6.90. The van der Waals surface area contributed by atoms with Crippen molar-refractivity contribution in [3.8, 4) is 5.75 Å². The molecule has 30 heavy (non-hydrogen) atoms. The SMILES string of the molecule is COC(COc1cccc2ccccc12)CN(C(=O)COCCO[N+](=O)[O-])C(C)C. The van der Waals surface area contributed by atoms with Crippen molar-refractivity contribution in [3.63, 3.8) is 0 Å². The van der Waals surface area contributed by atoms with Gasteiger partial charge < -0.3 is 23.9 Å². The Morgan fingerprint density at radius 2 is 1.87 bits per heavy atom. The van der Waals surface area contributed by atoms with E-state index in [-0.39, 0.29) is 44.5 Å². The standard InChI is InChI=1S/C21H28N2O7/c1-16(2)22(21(24)15-28-11-12-30-23(25)26)13-18(27-3)14-29-20-10-6-8-17-7-4-5-9-19(17)20/h4-10,16,18H,11-15H2,1-3H3. The lowest BCUT2D eigenvalue weighted by atomic mass is 10.1. The third-order valence-corrected chi connectivity index (χ3v) is 4.50. The van der Waals surface area contributed by atoms with Gasteiger partial charge in [0.25, 0.3) is 5.09 Å². The molecule has 0 saturated carbocycles. The van der Waals surface area contributed by atoms with Gasteiger partial charge in [-0.25, -0.2) is 0 Å². The van der Waals surface area contributed by atoms with Crippen LogP contribution in [0.15, 0.2) is 42.5 Å². The van der Waals surface area contributed by atoms with Crippen molar-refractivity contribution < 1.29 is 28.9 Å². The molecular weight excluding hydrogens is 392 g/mol. The summed E-state index contributed by atoms with van der Waals surface area (Å²) >= 11 is 0. The Balaban J connectivity index is 1.90. The normalized spacial score (nSPS) is 12.0. The molecule has 9 nitrogen and oxygen atoms in total. The Morgan fingerprint density at radius 1 is 1.13 bits per heavy atom. The minimum Gasteiger partial charge on any atom is -0.490 e. The van der Waals surface area contributed by atoms with Crippen LogP contribution in [0.25, 0.3) is 10.8 Å². The summed E-state index contributed by atoms with van der Waals surface area (Å²) in [6.45, 7) is 3.93. The highest BCUT2D eigenvalue weighted by molar-refractivity contribution is 5.88. The molecule has 1 amide bonds. The van der Waals surface area contributed by atoms with Crippen LogP contribution in [-0.2, 0) is 19.1 Å². The van der Waals surface area contributed by atoms with E-state index in [1.54, 1.807) is 12.0 Å². The number of hydrogen-bond donors (Lipinski definition) is 0. The van der Waals surface area contributed by atoms with Crippen LogP contribution in [0.3, 0.4) is 0 Å². The number of carbonyl (C=O) groups is 1. The fraction of sp³-hybridized carbons (Fsp3) is 0.476. The summed E-state index contributed by atoms with van der Waals surface area (Å²) in [6.07, 6.45) is -0.340. The first-order chi connectivity index (χ1) is 14.4. The molecule has 2 aromatic rings. The van der Waals surface area contributed by atoms with Gasteiger partial charge >= 0.3 is 0 Å². The van der Waals surface area contributed by atoms with Gasteiger partial charge in [-0.2, -0.15) is 0 Å². The van der Waals surface area contributed by atoms with Crippen LogP contribution in [0.4, 0.5) is 0 Å². The number of nitrogens with zero attached hydrogens (tertiary/aromatic N) is 2. The van der Waals surface area contributed by atoms with Gasteiger partial charge in [-0.05, 0) is 25.3 Å².